The van der Waals surface area contributed by atoms with Gasteiger partial charge in [-0.3, -0.25) is 9.59 Å². The average Bonchev–Trinajstić information content (AvgIpc) is 2.42. The Bertz CT molecular complexity index is 257. The number of hydrogen-bond donors (Lipinski definition) is 0. The Labute approximate surface area is 77.7 Å². The average molecular weight is 178 g/mol. The normalized spacial score (nSPS) is 48.3. The van der Waals surface area contributed by atoms with E-state index in [1.54, 1.807) is 0 Å². The molecular weight excluding hydrogens is 164 g/mol. The molecule has 2 nitrogen and oxygen atoms in total. The lowest BCUT2D eigenvalue weighted by Gasteiger charge is -2.31. The number of ketones is 2. The van der Waals surface area contributed by atoms with Crippen molar-refractivity contribution >= 4 is 11.6 Å². The van der Waals surface area contributed by atoms with Crippen molar-refractivity contribution in [2.45, 2.75) is 44.9 Å². The van der Waals surface area contributed by atoms with Gasteiger partial charge in [0.25, 0.3) is 0 Å². The van der Waals surface area contributed by atoms with Crippen LogP contribution in [0.25, 0.3) is 0 Å². The van der Waals surface area contributed by atoms with Gasteiger partial charge in [0.05, 0.1) is 0 Å². The number of Topliss-reactive ketones (excluding diaryl/α,β-unsaturated/α-hetero) is 2. The van der Waals surface area contributed by atoms with Crippen LogP contribution in [0.15, 0.2) is 0 Å². The molecule has 0 aromatic heterocycles. The minimum atomic E-state index is 0.140. The van der Waals surface area contributed by atoms with E-state index in [0.29, 0.717) is 37.2 Å². The molecule has 0 aromatic rings. The Morgan fingerprint density at radius 2 is 1.15 bits per heavy atom. The molecule has 3 saturated carbocycles. The molecule has 0 amide bonds. The molecule has 2 heteroatoms. The van der Waals surface area contributed by atoms with E-state index in [-0.39, 0.29) is 10.8 Å². The second kappa shape index (κ2) is 2.05. The zero-order chi connectivity index (χ0) is 9.10. The summed E-state index contributed by atoms with van der Waals surface area (Å²) in [6, 6.07) is 0. The van der Waals surface area contributed by atoms with Crippen LogP contribution in [-0.4, -0.2) is 11.6 Å². The third-order valence-electron chi connectivity index (χ3n) is 4.58. The van der Waals surface area contributed by atoms with E-state index >= 15 is 0 Å². The Morgan fingerprint density at radius 1 is 0.769 bits per heavy atom. The number of carbonyl (C=O) groups is 2. The second-order valence-electron chi connectivity index (χ2n) is 5.20. The van der Waals surface area contributed by atoms with Gasteiger partial charge in [-0.1, -0.05) is 6.42 Å². The molecule has 0 aromatic carbocycles. The van der Waals surface area contributed by atoms with Crippen LogP contribution in [0, 0.1) is 10.8 Å². The quantitative estimate of drug-likeness (QED) is 0.567. The molecule has 3 aliphatic rings. The maximum absolute atomic E-state index is 11.5. The summed E-state index contributed by atoms with van der Waals surface area (Å²) >= 11 is 0. The standard InChI is InChI=1S/C11H14O2/c12-8-4-10-2-1-3-11(10,6-8)7-9(13)5-10/h1-7H2. The fourth-order valence-electron chi connectivity index (χ4n) is 4.16. The second-order valence-corrected chi connectivity index (χ2v) is 5.20. The summed E-state index contributed by atoms with van der Waals surface area (Å²) in [4.78, 5) is 22.9. The SMILES string of the molecule is O=C1CC23CCCC2(C1)CC(=O)C3. The molecule has 70 valence electrons. The summed E-state index contributed by atoms with van der Waals surface area (Å²) in [5, 5.41) is 0. The molecule has 0 bridgehead atoms. The molecule has 3 fully saturated rings. The fourth-order valence-corrected chi connectivity index (χ4v) is 4.16. The van der Waals surface area contributed by atoms with E-state index in [9.17, 15) is 9.59 Å². The highest BCUT2D eigenvalue weighted by Crippen LogP contribution is 2.68. The summed E-state index contributed by atoms with van der Waals surface area (Å²) in [5.74, 6) is 0.819. The lowest BCUT2D eigenvalue weighted by Crippen LogP contribution is -2.25. The Hall–Kier alpha value is -0.660. The van der Waals surface area contributed by atoms with Gasteiger partial charge in [0.1, 0.15) is 11.6 Å². The minimum Gasteiger partial charge on any atom is -0.300 e. The van der Waals surface area contributed by atoms with Crippen LogP contribution < -0.4 is 0 Å². The summed E-state index contributed by atoms with van der Waals surface area (Å²) in [5.41, 5.74) is 0.280. The summed E-state index contributed by atoms with van der Waals surface area (Å²) in [6.45, 7) is 0. The minimum absolute atomic E-state index is 0.140. The van der Waals surface area contributed by atoms with Gasteiger partial charge in [-0.2, -0.15) is 0 Å². The molecule has 3 rings (SSSR count). The van der Waals surface area contributed by atoms with Gasteiger partial charge < -0.3 is 0 Å². The van der Waals surface area contributed by atoms with Gasteiger partial charge in [-0.25, -0.2) is 0 Å². The molecule has 0 saturated heterocycles. The first-order chi connectivity index (χ1) is 6.16. The van der Waals surface area contributed by atoms with Crippen LogP contribution in [0.4, 0.5) is 0 Å². The highest BCUT2D eigenvalue weighted by Gasteiger charge is 2.64. The van der Waals surface area contributed by atoms with Crippen molar-refractivity contribution in [1.82, 2.24) is 0 Å². The van der Waals surface area contributed by atoms with Crippen LogP contribution in [-0.2, 0) is 9.59 Å². The van der Waals surface area contributed by atoms with Crippen molar-refractivity contribution in [3.63, 3.8) is 0 Å². The van der Waals surface area contributed by atoms with Crippen molar-refractivity contribution in [3.05, 3.63) is 0 Å². The summed E-state index contributed by atoms with van der Waals surface area (Å²) in [6.07, 6.45) is 6.32. The maximum atomic E-state index is 11.5. The fraction of sp³-hybridized carbons (Fsp3) is 0.818. The third-order valence-corrected chi connectivity index (χ3v) is 4.58. The molecule has 0 heterocycles. The van der Waals surface area contributed by atoms with Crippen molar-refractivity contribution in [3.8, 4) is 0 Å². The Kier molecular flexibility index (Phi) is 1.21. The molecule has 0 unspecified atom stereocenters. The molecule has 0 atom stereocenters. The molecule has 3 aliphatic carbocycles. The van der Waals surface area contributed by atoms with E-state index in [1.165, 1.54) is 6.42 Å². The highest BCUT2D eigenvalue weighted by molar-refractivity contribution is 5.91. The van der Waals surface area contributed by atoms with E-state index in [2.05, 4.69) is 0 Å². The molecule has 0 aliphatic heterocycles. The monoisotopic (exact) mass is 178 g/mol. The van der Waals surface area contributed by atoms with Crippen LogP contribution >= 0.6 is 0 Å². The predicted octanol–water partition coefficient (Wildman–Crippen LogP) is 1.87. The first-order valence-electron chi connectivity index (χ1n) is 5.19. The molecule has 0 N–H and O–H groups in total. The zero-order valence-corrected chi connectivity index (χ0v) is 7.77. The van der Waals surface area contributed by atoms with Gasteiger partial charge in [0, 0.05) is 25.7 Å². The number of rotatable bonds is 0. The largest absolute Gasteiger partial charge is 0.300 e. The summed E-state index contributed by atoms with van der Waals surface area (Å²) in [7, 11) is 0. The van der Waals surface area contributed by atoms with E-state index in [1.807, 2.05) is 0 Å². The number of carbonyl (C=O) groups excluding carboxylic acids is 2. The van der Waals surface area contributed by atoms with E-state index < -0.39 is 0 Å². The van der Waals surface area contributed by atoms with Gasteiger partial charge in [0.2, 0.25) is 0 Å². The molecular formula is C11H14O2. The first kappa shape index (κ1) is 7.72. The van der Waals surface area contributed by atoms with Crippen molar-refractivity contribution in [1.29, 1.82) is 0 Å². The van der Waals surface area contributed by atoms with Gasteiger partial charge in [0.15, 0.2) is 0 Å². The van der Waals surface area contributed by atoms with Crippen molar-refractivity contribution in [2.24, 2.45) is 10.8 Å². The topological polar surface area (TPSA) is 34.1 Å². The van der Waals surface area contributed by atoms with Gasteiger partial charge in [-0.15, -0.1) is 0 Å². The van der Waals surface area contributed by atoms with Gasteiger partial charge in [-0.05, 0) is 23.7 Å². The van der Waals surface area contributed by atoms with Gasteiger partial charge >= 0.3 is 0 Å². The van der Waals surface area contributed by atoms with Crippen LogP contribution in [0.2, 0.25) is 0 Å². The maximum Gasteiger partial charge on any atom is 0.134 e. The van der Waals surface area contributed by atoms with E-state index in [4.69, 9.17) is 0 Å². The molecule has 0 radical (unpaired) electrons. The molecule has 0 spiro atoms. The Balaban J connectivity index is 2.09. The van der Waals surface area contributed by atoms with Crippen LogP contribution in [0.3, 0.4) is 0 Å². The predicted molar refractivity (Wildman–Crippen MR) is 47.2 cm³/mol. The van der Waals surface area contributed by atoms with Crippen molar-refractivity contribution < 1.29 is 9.59 Å². The van der Waals surface area contributed by atoms with E-state index in [0.717, 1.165) is 12.8 Å². The number of hydrogen-bond acceptors (Lipinski definition) is 2. The lowest BCUT2D eigenvalue weighted by molar-refractivity contribution is -0.121. The van der Waals surface area contributed by atoms with Crippen LogP contribution in [0.1, 0.15) is 44.9 Å². The molecule has 13 heavy (non-hydrogen) atoms. The highest BCUT2D eigenvalue weighted by atomic mass is 16.1. The first-order valence-corrected chi connectivity index (χ1v) is 5.19. The third kappa shape index (κ3) is 0.749. The van der Waals surface area contributed by atoms with Crippen LogP contribution in [0.5, 0.6) is 0 Å². The summed E-state index contributed by atoms with van der Waals surface area (Å²) < 4.78 is 0. The Morgan fingerprint density at radius 3 is 1.54 bits per heavy atom. The van der Waals surface area contributed by atoms with Crippen molar-refractivity contribution in [2.75, 3.05) is 0 Å². The zero-order valence-electron chi connectivity index (χ0n) is 7.77. The lowest BCUT2D eigenvalue weighted by atomic mass is 9.71. The smallest absolute Gasteiger partial charge is 0.134 e.